The molecule has 1 aromatic rings. The summed E-state index contributed by atoms with van der Waals surface area (Å²) in [5.41, 5.74) is 11.4. The van der Waals surface area contributed by atoms with Crippen LogP contribution in [0.25, 0.3) is 0 Å². The number of ether oxygens (including phenoxy) is 1. The Balaban J connectivity index is 2.41. The van der Waals surface area contributed by atoms with Crippen molar-refractivity contribution in [2.24, 2.45) is 5.73 Å². The minimum atomic E-state index is -0.501. The van der Waals surface area contributed by atoms with Gasteiger partial charge in [-0.15, -0.1) is 0 Å². The van der Waals surface area contributed by atoms with Gasteiger partial charge in [0.2, 0.25) is 11.8 Å². The smallest absolute Gasteiger partial charge is 0.237 e. The second kappa shape index (κ2) is 8.84. The molecule has 1 aromatic carbocycles. The molecule has 0 aliphatic heterocycles. The first-order chi connectivity index (χ1) is 10.0. The SMILES string of the molecule is CCCCN(CC(N)=O)C(=O)CCOc1ccc(N)cc1. The lowest BCUT2D eigenvalue weighted by Gasteiger charge is -2.21. The van der Waals surface area contributed by atoms with Crippen molar-refractivity contribution in [3.8, 4) is 5.75 Å². The molecular formula is C15H23N3O3. The zero-order chi connectivity index (χ0) is 15.7. The molecule has 1 rings (SSSR count). The van der Waals surface area contributed by atoms with E-state index in [0.717, 1.165) is 12.8 Å². The Bertz CT molecular complexity index is 460. The van der Waals surface area contributed by atoms with E-state index in [1.807, 2.05) is 6.92 Å². The summed E-state index contributed by atoms with van der Waals surface area (Å²) in [5.74, 6) is 0.0311. The number of nitrogen functional groups attached to an aromatic ring is 1. The number of amides is 2. The van der Waals surface area contributed by atoms with Gasteiger partial charge in [-0.1, -0.05) is 13.3 Å². The highest BCUT2D eigenvalue weighted by Gasteiger charge is 2.15. The third-order valence-corrected chi connectivity index (χ3v) is 2.95. The third kappa shape index (κ3) is 6.65. The van der Waals surface area contributed by atoms with Crippen LogP contribution in [-0.2, 0) is 9.59 Å². The number of anilines is 1. The number of nitrogens with zero attached hydrogens (tertiary/aromatic N) is 1. The highest BCUT2D eigenvalue weighted by molar-refractivity contribution is 5.83. The molecule has 21 heavy (non-hydrogen) atoms. The lowest BCUT2D eigenvalue weighted by Crippen LogP contribution is -2.39. The average molecular weight is 293 g/mol. The summed E-state index contributed by atoms with van der Waals surface area (Å²) in [7, 11) is 0. The maximum Gasteiger partial charge on any atom is 0.237 e. The summed E-state index contributed by atoms with van der Waals surface area (Å²) in [4.78, 5) is 24.5. The molecule has 2 amide bonds. The lowest BCUT2D eigenvalue weighted by molar-refractivity contribution is -0.135. The number of benzene rings is 1. The molecule has 0 bridgehead atoms. The van der Waals surface area contributed by atoms with Gasteiger partial charge in [0.1, 0.15) is 5.75 Å². The molecular weight excluding hydrogens is 270 g/mol. The number of carbonyl (C=O) groups is 2. The summed E-state index contributed by atoms with van der Waals surface area (Å²) in [6.07, 6.45) is 2.00. The van der Waals surface area contributed by atoms with E-state index in [2.05, 4.69) is 0 Å². The number of carbonyl (C=O) groups excluding carboxylic acids is 2. The Labute approximate surface area is 125 Å². The van der Waals surface area contributed by atoms with Crippen molar-refractivity contribution in [3.63, 3.8) is 0 Å². The fourth-order valence-electron chi connectivity index (χ4n) is 1.81. The Hall–Kier alpha value is -2.24. The van der Waals surface area contributed by atoms with Crippen molar-refractivity contribution < 1.29 is 14.3 Å². The zero-order valence-electron chi connectivity index (χ0n) is 12.4. The van der Waals surface area contributed by atoms with Crippen molar-refractivity contribution in [1.29, 1.82) is 0 Å². The predicted molar refractivity (Wildman–Crippen MR) is 81.6 cm³/mol. The molecule has 0 radical (unpaired) electrons. The monoisotopic (exact) mass is 293 g/mol. The van der Waals surface area contributed by atoms with Crippen LogP contribution in [0.4, 0.5) is 5.69 Å². The third-order valence-electron chi connectivity index (χ3n) is 2.95. The van der Waals surface area contributed by atoms with E-state index in [-0.39, 0.29) is 25.5 Å². The van der Waals surface area contributed by atoms with E-state index >= 15 is 0 Å². The second-order valence-corrected chi connectivity index (χ2v) is 4.80. The van der Waals surface area contributed by atoms with Crippen LogP contribution in [0.15, 0.2) is 24.3 Å². The van der Waals surface area contributed by atoms with Gasteiger partial charge < -0.3 is 21.1 Å². The van der Waals surface area contributed by atoms with E-state index in [0.29, 0.717) is 18.0 Å². The Morgan fingerprint density at radius 2 is 1.90 bits per heavy atom. The van der Waals surface area contributed by atoms with E-state index in [1.165, 1.54) is 4.90 Å². The maximum atomic E-state index is 12.0. The van der Waals surface area contributed by atoms with E-state index in [1.54, 1.807) is 24.3 Å². The number of nitrogens with two attached hydrogens (primary N) is 2. The standard InChI is InChI=1S/C15H23N3O3/c1-2-3-9-18(11-14(17)19)15(20)8-10-21-13-6-4-12(16)5-7-13/h4-7H,2-3,8-11,16H2,1H3,(H2,17,19). The number of rotatable bonds is 9. The molecule has 0 atom stereocenters. The molecule has 0 spiro atoms. The van der Waals surface area contributed by atoms with Gasteiger partial charge >= 0.3 is 0 Å². The van der Waals surface area contributed by atoms with Crippen molar-refractivity contribution >= 4 is 17.5 Å². The van der Waals surface area contributed by atoms with Crippen LogP contribution in [0.3, 0.4) is 0 Å². The highest BCUT2D eigenvalue weighted by Crippen LogP contribution is 2.13. The van der Waals surface area contributed by atoms with E-state index in [9.17, 15) is 9.59 Å². The van der Waals surface area contributed by atoms with Crippen LogP contribution < -0.4 is 16.2 Å². The zero-order valence-corrected chi connectivity index (χ0v) is 12.4. The fraction of sp³-hybridized carbons (Fsp3) is 0.467. The summed E-state index contributed by atoms with van der Waals surface area (Å²) in [6.45, 7) is 2.78. The summed E-state index contributed by atoms with van der Waals surface area (Å²) >= 11 is 0. The van der Waals surface area contributed by atoms with Crippen molar-refractivity contribution in [2.75, 3.05) is 25.4 Å². The number of unbranched alkanes of at least 4 members (excludes halogenated alkanes) is 1. The van der Waals surface area contributed by atoms with Crippen molar-refractivity contribution in [1.82, 2.24) is 4.90 Å². The highest BCUT2D eigenvalue weighted by atomic mass is 16.5. The fourth-order valence-corrected chi connectivity index (χ4v) is 1.81. The molecule has 0 saturated heterocycles. The van der Waals surface area contributed by atoms with E-state index < -0.39 is 5.91 Å². The molecule has 6 nitrogen and oxygen atoms in total. The van der Waals surface area contributed by atoms with Gasteiger partial charge in [0.05, 0.1) is 19.6 Å². The van der Waals surface area contributed by atoms with Gasteiger partial charge in [0.25, 0.3) is 0 Å². The molecule has 116 valence electrons. The topological polar surface area (TPSA) is 98.6 Å². The number of hydrogen-bond donors (Lipinski definition) is 2. The van der Waals surface area contributed by atoms with Gasteiger partial charge in [-0.2, -0.15) is 0 Å². The molecule has 0 aliphatic carbocycles. The molecule has 0 heterocycles. The molecule has 0 saturated carbocycles. The number of primary amides is 1. The predicted octanol–water partition coefficient (Wildman–Crippen LogP) is 1.15. The molecule has 0 aliphatic rings. The van der Waals surface area contributed by atoms with Gasteiger partial charge in [-0.25, -0.2) is 0 Å². The van der Waals surface area contributed by atoms with Crippen LogP contribution >= 0.6 is 0 Å². The quantitative estimate of drug-likeness (QED) is 0.667. The molecule has 0 fully saturated rings. The second-order valence-electron chi connectivity index (χ2n) is 4.80. The van der Waals surface area contributed by atoms with Gasteiger partial charge in [-0.3, -0.25) is 9.59 Å². The Kier molecular flexibility index (Phi) is 7.08. The lowest BCUT2D eigenvalue weighted by atomic mass is 10.3. The molecule has 4 N–H and O–H groups in total. The van der Waals surface area contributed by atoms with Crippen LogP contribution in [0, 0.1) is 0 Å². The first-order valence-corrected chi connectivity index (χ1v) is 7.07. The van der Waals surface area contributed by atoms with Gasteiger partial charge in [0.15, 0.2) is 0 Å². The van der Waals surface area contributed by atoms with Crippen LogP contribution in [0.2, 0.25) is 0 Å². The molecule has 0 aromatic heterocycles. The van der Waals surface area contributed by atoms with Crippen molar-refractivity contribution in [3.05, 3.63) is 24.3 Å². The minimum Gasteiger partial charge on any atom is -0.493 e. The van der Waals surface area contributed by atoms with Crippen molar-refractivity contribution in [2.45, 2.75) is 26.2 Å². The normalized spacial score (nSPS) is 10.1. The van der Waals surface area contributed by atoms with Crippen LogP contribution in [-0.4, -0.2) is 36.4 Å². The summed E-state index contributed by atoms with van der Waals surface area (Å²) < 4.78 is 5.47. The number of hydrogen-bond acceptors (Lipinski definition) is 4. The summed E-state index contributed by atoms with van der Waals surface area (Å²) in [6, 6.07) is 6.96. The maximum absolute atomic E-state index is 12.0. The van der Waals surface area contributed by atoms with Gasteiger partial charge in [-0.05, 0) is 30.7 Å². The average Bonchev–Trinajstić information content (AvgIpc) is 2.45. The van der Waals surface area contributed by atoms with Crippen LogP contribution in [0.1, 0.15) is 26.2 Å². The summed E-state index contributed by atoms with van der Waals surface area (Å²) in [5, 5.41) is 0. The first kappa shape index (κ1) is 16.8. The minimum absolute atomic E-state index is 0.0410. The first-order valence-electron chi connectivity index (χ1n) is 7.07. The van der Waals surface area contributed by atoms with Gasteiger partial charge in [0, 0.05) is 12.2 Å². The van der Waals surface area contributed by atoms with Crippen LogP contribution in [0.5, 0.6) is 5.75 Å². The molecule has 6 heteroatoms. The van der Waals surface area contributed by atoms with E-state index in [4.69, 9.17) is 16.2 Å². The Morgan fingerprint density at radius 1 is 1.24 bits per heavy atom. The molecule has 0 unspecified atom stereocenters. The largest absolute Gasteiger partial charge is 0.493 e. The Morgan fingerprint density at radius 3 is 2.48 bits per heavy atom.